The SMILES string of the molecule is O=C1CCC(c2cc(C(=O)O)c3[nH]ncc3c2)C(=O)N1. The van der Waals surface area contributed by atoms with Gasteiger partial charge in [-0.15, -0.1) is 0 Å². The van der Waals surface area contributed by atoms with Gasteiger partial charge in [0.1, 0.15) is 0 Å². The van der Waals surface area contributed by atoms with Crippen LogP contribution >= 0.6 is 0 Å². The van der Waals surface area contributed by atoms with Crippen LogP contribution in [-0.4, -0.2) is 33.1 Å². The van der Waals surface area contributed by atoms with Gasteiger partial charge in [-0.2, -0.15) is 5.10 Å². The van der Waals surface area contributed by atoms with E-state index in [0.29, 0.717) is 22.9 Å². The summed E-state index contributed by atoms with van der Waals surface area (Å²) in [5.74, 6) is -2.28. The van der Waals surface area contributed by atoms with Crippen LogP contribution in [0.5, 0.6) is 0 Å². The largest absolute Gasteiger partial charge is 0.478 e. The molecule has 1 unspecified atom stereocenters. The van der Waals surface area contributed by atoms with Crippen molar-refractivity contribution in [2.24, 2.45) is 0 Å². The molecule has 1 saturated heterocycles. The van der Waals surface area contributed by atoms with Gasteiger partial charge in [-0.3, -0.25) is 20.0 Å². The number of carbonyl (C=O) groups is 3. The number of hydrogen-bond donors (Lipinski definition) is 3. The van der Waals surface area contributed by atoms with E-state index in [2.05, 4.69) is 15.5 Å². The molecule has 102 valence electrons. The Hall–Kier alpha value is -2.70. The fraction of sp³-hybridized carbons (Fsp3) is 0.231. The van der Waals surface area contributed by atoms with Crippen molar-refractivity contribution in [1.82, 2.24) is 15.5 Å². The highest BCUT2D eigenvalue weighted by Gasteiger charge is 2.29. The minimum absolute atomic E-state index is 0.0692. The molecule has 1 aromatic carbocycles. The summed E-state index contributed by atoms with van der Waals surface area (Å²) in [4.78, 5) is 34.3. The molecule has 2 heterocycles. The zero-order valence-corrected chi connectivity index (χ0v) is 10.3. The average molecular weight is 273 g/mol. The molecule has 0 saturated carbocycles. The number of carboxylic acid groups (broad SMARTS) is 1. The van der Waals surface area contributed by atoms with Crippen molar-refractivity contribution < 1.29 is 19.5 Å². The molecular formula is C13H11N3O4. The number of nitrogens with one attached hydrogen (secondary N) is 2. The molecule has 7 heteroatoms. The Balaban J connectivity index is 2.10. The van der Waals surface area contributed by atoms with Gasteiger partial charge in [0.15, 0.2) is 0 Å². The molecule has 2 amide bonds. The fourth-order valence-electron chi connectivity index (χ4n) is 2.46. The number of amides is 2. The highest BCUT2D eigenvalue weighted by atomic mass is 16.4. The summed E-state index contributed by atoms with van der Waals surface area (Å²) < 4.78 is 0. The Bertz CT molecular complexity index is 734. The lowest BCUT2D eigenvalue weighted by atomic mass is 9.89. The van der Waals surface area contributed by atoms with Gasteiger partial charge < -0.3 is 5.11 Å². The first kappa shape index (κ1) is 12.3. The highest BCUT2D eigenvalue weighted by molar-refractivity contribution is 6.04. The molecule has 3 rings (SSSR count). The predicted molar refractivity (Wildman–Crippen MR) is 68.2 cm³/mol. The van der Waals surface area contributed by atoms with Gasteiger partial charge in [0.05, 0.1) is 23.2 Å². The molecule has 0 radical (unpaired) electrons. The molecule has 20 heavy (non-hydrogen) atoms. The number of rotatable bonds is 2. The minimum atomic E-state index is -1.09. The first-order valence-electron chi connectivity index (χ1n) is 6.10. The Morgan fingerprint density at radius 1 is 1.35 bits per heavy atom. The van der Waals surface area contributed by atoms with Crippen LogP contribution < -0.4 is 5.32 Å². The minimum Gasteiger partial charge on any atom is -0.478 e. The Labute approximate surface area is 113 Å². The molecule has 1 aliphatic heterocycles. The van der Waals surface area contributed by atoms with Crippen molar-refractivity contribution in [1.29, 1.82) is 0 Å². The lowest BCUT2D eigenvalue weighted by Gasteiger charge is -2.21. The maximum Gasteiger partial charge on any atom is 0.337 e. The summed E-state index contributed by atoms with van der Waals surface area (Å²) >= 11 is 0. The van der Waals surface area contributed by atoms with Crippen molar-refractivity contribution in [3.05, 3.63) is 29.5 Å². The maximum absolute atomic E-state index is 11.9. The van der Waals surface area contributed by atoms with Crippen molar-refractivity contribution >= 4 is 28.7 Å². The lowest BCUT2D eigenvalue weighted by molar-refractivity contribution is -0.134. The van der Waals surface area contributed by atoms with Crippen molar-refractivity contribution in [3.63, 3.8) is 0 Å². The van der Waals surface area contributed by atoms with E-state index >= 15 is 0 Å². The summed E-state index contributed by atoms with van der Waals surface area (Å²) in [6.07, 6.45) is 2.15. The molecule has 1 aliphatic rings. The van der Waals surface area contributed by atoms with E-state index < -0.39 is 11.9 Å². The Morgan fingerprint density at radius 3 is 2.85 bits per heavy atom. The number of aromatic amines is 1. The van der Waals surface area contributed by atoms with Crippen LogP contribution in [0.2, 0.25) is 0 Å². The Morgan fingerprint density at radius 2 is 2.15 bits per heavy atom. The highest BCUT2D eigenvalue weighted by Crippen LogP contribution is 2.29. The third-order valence-corrected chi connectivity index (χ3v) is 3.44. The number of carboxylic acids is 1. The van der Waals surface area contributed by atoms with E-state index in [1.807, 2.05) is 0 Å². The van der Waals surface area contributed by atoms with Crippen molar-refractivity contribution in [2.45, 2.75) is 18.8 Å². The van der Waals surface area contributed by atoms with E-state index in [1.54, 1.807) is 6.07 Å². The molecule has 0 aliphatic carbocycles. The van der Waals surface area contributed by atoms with Crippen LogP contribution in [0.1, 0.15) is 34.7 Å². The standard InChI is InChI=1S/C13H11N3O4/c17-10-2-1-8(12(18)15-10)6-3-7-5-14-16-11(7)9(4-6)13(19)20/h3-5,8H,1-2H2,(H,14,16)(H,19,20)(H,15,17,18). The number of aromatic carboxylic acids is 1. The van der Waals surface area contributed by atoms with Crippen LogP contribution in [-0.2, 0) is 9.59 Å². The number of imide groups is 1. The number of nitrogens with zero attached hydrogens (tertiary/aromatic N) is 1. The maximum atomic E-state index is 11.9. The van der Waals surface area contributed by atoms with Gasteiger partial charge >= 0.3 is 5.97 Å². The number of piperidine rings is 1. The smallest absolute Gasteiger partial charge is 0.337 e. The van der Waals surface area contributed by atoms with Gasteiger partial charge in [-0.1, -0.05) is 0 Å². The fourth-order valence-corrected chi connectivity index (χ4v) is 2.46. The molecule has 1 aromatic heterocycles. The van der Waals surface area contributed by atoms with Crippen LogP contribution in [0.25, 0.3) is 10.9 Å². The summed E-state index contributed by atoms with van der Waals surface area (Å²) in [6, 6.07) is 3.19. The van der Waals surface area contributed by atoms with Gasteiger partial charge in [0.25, 0.3) is 0 Å². The summed E-state index contributed by atoms with van der Waals surface area (Å²) in [7, 11) is 0. The second-order valence-electron chi connectivity index (χ2n) is 4.71. The predicted octanol–water partition coefficient (Wildman–Crippen LogP) is 0.781. The lowest BCUT2D eigenvalue weighted by Crippen LogP contribution is -2.39. The van der Waals surface area contributed by atoms with Crippen molar-refractivity contribution in [2.75, 3.05) is 0 Å². The molecule has 7 nitrogen and oxygen atoms in total. The normalized spacial score (nSPS) is 19.1. The van der Waals surface area contributed by atoms with E-state index in [-0.39, 0.29) is 23.8 Å². The number of fused-ring (bicyclic) bond motifs is 1. The Kier molecular flexibility index (Phi) is 2.74. The number of H-pyrrole nitrogens is 1. The molecular weight excluding hydrogens is 262 g/mol. The number of benzene rings is 1. The molecule has 3 N–H and O–H groups in total. The second-order valence-corrected chi connectivity index (χ2v) is 4.71. The van der Waals surface area contributed by atoms with E-state index in [4.69, 9.17) is 0 Å². The first-order valence-corrected chi connectivity index (χ1v) is 6.10. The summed E-state index contributed by atoms with van der Waals surface area (Å²) in [5, 5.41) is 18.6. The van der Waals surface area contributed by atoms with Crippen molar-refractivity contribution in [3.8, 4) is 0 Å². The molecule has 0 spiro atoms. The van der Waals surface area contributed by atoms with Crippen LogP contribution in [0.4, 0.5) is 0 Å². The zero-order chi connectivity index (χ0) is 14.3. The molecule has 0 bridgehead atoms. The third kappa shape index (κ3) is 1.93. The second kappa shape index (κ2) is 4.44. The van der Waals surface area contributed by atoms with Crippen LogP contribution in [0.3, 0.4) is 0 Å². The number of carbonyl (C=O) groups excluding carboxylic acids is 2. The van der Waals surface area contributed by atoms with E-state index in [9.17, 15) is 19.5 Å². The third-order valence-electron chi connectivity index (χ3n) is 3.44. The van der Waals surface area contributed by atoms with E-state index in [1.165, 1.54) is 12.3 Å². The topological polar surface area (TPSA) is 112 Å². The molecule has 2 aromatic rings. The van der Waals surface area contributed by atoms with Gasteiger partial charge in [0, 0.05) is 11.8 Å². The first-order chi connectivity index (χ1) is 9.56. The van der Waals surface area contributed by atoms with Crippen LogP contribution in [0.15, 0.2) is 18.3 Å². The van der Waals surface area contributed by atoms with Gasteiger partial charge in [0.2, 0.25) is 11.8 Å². The summed E-state index contributed by atoms with van der Waals surface area (Å²) in [6.45, 7) is 0. The monoisotopic (exact) mass is 273 g/mol. The summed E-state index contributed by atoms with van der Waals surface area (Å²) in [5.41, 5.74) is 1.08. The molecule has 1 atom stereocenters. The molecule has 1 fully saturated rings. The van der Waals surface area contributed by atoms with Crippen LogP contribution in [0, 0.1) is 0 Å². The zero-order valence-electron chi connectivity index (χ0n) is 10.3. The number of hydrogen-bond acceptors (Lipinski definition) is 4. The van der Waals surface area contributed by atoms with E-state index in [0.717, 1.165) is 0 Å². The number of aromatic nitrogens is 2. The van der Waals surface area contributed by atoms with Gasteiger partial charge in [-0.05, 0) is 24.1 Å². The quantitative estimate of drug-likeness (QED) is 0.700. The van der Waals surface area contributed by atoms with Gasteiger partial charge in [-0.25, -0.2) is 4.79 Å². The average Bonchev–Trinajstić information content (AvgIpc) is 2.85.